The van der Waals surface area contributed by atoms with E-state index in [-0.39, 0.29) is 12.0 Å². The highest BCUT2D eigenvalue weighted by atomic mass is 19.4. The van der Waals surface area contributed by atoms with Gasteiger partial charge in [0.1, 0.15) is 0 Å². The second kappa shape index (κ2) is 4.16. The number of hydrogen-bond acceptors (Lipinski definition) is 2. The largest absolute Gasteiger partial charge is 0.471 e. The zero-order valence-electron chi connectivity index (χ0n) is 7.82. The maximum Gasteiger partial charge on any atom is 0.471 e. The van der Waals surface area contributed by atoms with Crippen LogP contribution >= 0.6 is 0 Å². The van der Waals surface area contributed by atoms with E-state index in [0.717, 1.165) is 0 Å². The number of nitrogens with one attached hydrogen (secondary N) is 2. The van der Waals surface area contributed by atoms with Gasteiger partial charge in [-0.1, -0.05) is 6.92 Å². The zero-order valence-corrected chi connectivity index (χ0v) is 7.82. The fraction of sp³-hybridized carbons (Fsp3) is 0.875. The van der Waals surface area contributed by atoms with Crippen molar-refractivity contribution in [1.82, 2.24) is 10.6 Å². The number of halogens is 3. The molecule has 1 aliphatic rings. The maximum absolute atomic E-state index is 11.9. The Kier molecular flexibility index (Phi) is 3.36. The van der Waals surface area contributed by atoms with E-state index in [1.807, 2.05) is 12.2 Å². The van der Waals surface area contributed by atoms with Gasteiger partial charge in [-0.25, -0.2) is 0 Å². The minimum Gasteiger partial charge on any atom is -0.345 e. The Labute approximate surface area is 80.0 Å². The first-order valence-corrected chi connectivity index (χ1v) is 4.49. The Morgan fingerprint density at radius 2 is 2.14 bits per heavy atom. The second-order valence-corrected chi connectivity index (χ2v) is 3.55. The topological polar surface area (TPSA) is 41.1 Å². The van der Waals surface area contributed by atoms with E-state index in [2.05, 4.69) is 5.32 Å². The molecular formula is C8H13F3N2O. The third kappa shape index (κ3) is 2.87. The summed E-state index contributed by atoms with van der Waals surface area (Å²) in [4.78, 5) is 10.6. The highest BCUT2D eigenvalue weighted by Gasteiger charge is 2.40. The summed E-state index contributed by atoms with van der Waals surface area (Å²) < 4.78 is 35.7. The fourth-order valence-electron chi connectivity index (χ4n) is 1.48. The smallest absolute Gasteiger partial charge is 0.345 e. The predicted molar refractivity (Wildman–Crippen MR) is 44.6 cm³/mol. The monoisotopic (exact) mass is 210 g/mol. The number of rotatable bonds is 1. The van der Waals surface area contributed by atoms with Crippen LogP contribution in [0.15, 0.2) is 0 Å². The van der Waals surface area contributed by atoms with Gasteiger partial charge < -0.3 is 10.6 Å². The number of hydrogen-bond donors (Lipinski definition) is 2. The number of alkyl halides is 3. The second-order valence-electron chi connectivity index (χ2n) is 3.55. The molecule has 1 fully saturated rings. The summed E-state index contributed by atoms with van der Waals surface area (Å²) in [5.74, 6) is -1.80. The quantitative estimate of drug-likeness (QED) is 0.667. The van der Waals surface area contributed by atoms with Gasteiger partial charge in [0.05, 0.1) is 0 Å². The highest BCUT2D eigenvalue weighted by Crippen LogP contribution is 2.17. The first-order valence-electron chi connectivity index (χ1n) is 4.49. The Morgan fingerprint density at radius 3 is 2.64 bits per heavy atom. The molecule has 3 nitrogen and oxygen atoms in total. The van der Waals surface area contributed by atoms with Crippen molar-refractivity contribution in [2.75, 3.05) is 13.1 Å². The molecule has 0 aromatic rings. The van der Waals surface area contributed by atoms with E-state index >= 15 is 0 Å². The summed E-state index contributed by atoms with van der Waals surface area (Å²) in [6, 6.07) is -0.370. The predicted octanol–water partition coefficient (Wildman–Crippen LogP) is 0.663. The molecule has 0 saturated carbocycles. The highest BCUT2D eigenvalue weighted by molar-refractivity contribution is 5.81. The normalized spacial score (nSPS) is 28.6. The summed E-state index contributed by atoms with van der Waals surface area (Å²) in [5, 5.41) is 5.05. The van der Waals surface area contributed by atoms with E-state index in [4.69, 9.17) is 0 Å². The maximum atomic E-state index is 11.9. The lowest BCUT2D eigenvalue weighted by molar-refractivity contribution is -0.174. The minimum absolute atomic E-state index is 0.0371. The van der Waals surface area contributed by atoms with E-state index in [1.54, 1.807) is 0 Å². The summed E-state index contributed by atoms with van der Waals surface area (Å²) in [6.07, 6.45) is -4.23. The fourth-order valence-corrected chi connectivity index (χ4v) is 1.48. The molecule has 2 atom stereocenters. The van der Waals surface area contributed by atoms with Gasteiger partial charge in [-0.2, -0.15) is 13.2 Å². The molecule has 0 aliphatic carbocycles. The van der Waals surface area contributed by atoms with Gasteiger partial charge in [-0.05, 0) is 25.4 Å². The van der Waals surface area contributed by atoms with E-state index in [0.29, 0.717) is 19.5 Å². The first-order chi connectivity index (χ1) is 6.41. The number of piperidine rings is 1. The van der Waals surface area contributed by atoms with Crippen molar-refractivity contribution >= 4 is 5.91 Å². The average Bonchev–Trinajstić information content (AvgIpc) is 2.07. The standard InChI is InChI=1S/C8H13F3N2O/c1-5-4-12-3-2-6(5)13-7(14)8(9,10)11/h5-6,12H,2-4H2,1H3,(H,13,14)/t5-,6+/m1/s1. The van der Waals surface area contributed by atoms with E-state index in [9.17, 15) is 18.0 Å². The van der Waals surface area contributed by atoms with E-state index < -0.39 is 12.1 Å². The molecule has 82 valence electrons. The molecule has 1 saturated heterocycles. The zero-order chi connectivity index (χ0) is 10.8. The molecule has 0 radical (unpaired) electrons. The van der Waals surface area contributed by atoms with Gasteiger partial charge in [0.25, 0.3) is 0 Å². The van der Waals surface area contributed by atoms with Crippen molar-refractivity contribution in [1.29, 1.82) is 0 Å². The summed E-state index contributed by atoms with van der Waals surface area (Å²) in [6.45, 7) is 3.10. The van der Waals surface area contributed by atoms with Crippen LogP contribution in [0.5, 0.6) is 0 Å². The molecule has 0 spiro atoms. The lowest BCUT2D eigenvalue weighted by Crippen LogP contribution is -2.51. The Bertz CT molecular complexity index is 217. The van der Waals surface area contributed by atoms with Crippen LogP contribution in [0.1, 0.15) is 13.3 Å². The molecule has 1 heterocycles. The van der Waals surface area contributed by atoms with Crippen LogP contribution in [0.4, 0.5) is 13.2 Å². The summed E-state index contributed by atoms with van der Waals surface area (Å²) in [5.41, 5.74) is 0. The Balaban J connectivity index is 2.46. The molecule has 0 aromatic carbocycles. The molecule has 0 unspecified atom stereocenters. The number of carbonyl (C=O) groups is 1. The summed E-state index contributed by atoms with van der Waals surface area (Å²) >= 11 is 0. The van der Waals surface area contributed by atoms with Crippen molar-refractivity contribution in [2.45, 2.75) is 25.6 Å². The molecule has 0 aromatic heterocycles. The van der Waals surface area contributed by atoms with Crippen LogP contribution in [-0.4, -0.2) is 31.2 Å². The molecule has 1 rings (SSSR count). The molecule has 6 heteroatoms. The molecule has 2 N–H and O–H groups in total. The molecular weight excluding hydrogens is 197 g/mol. The molecule has 1 amide bonds. The van der Waals surface area contributed by atoms with Crippen LogP contribution in [0, 0.1) is 5.92 Å². The van der Waals surface area contributed by atoms with Gasteiger partial charge in [-0.15, -0.1) is 0 Å². The van der Waals surface area contributed by atoms with Crippen LogP contribution < -0.4 is 10.6 Å². The van der Waals surface area contributed by atoms with Crippen LogP contribution in [0.3, 0.4) is 0 Å². The van der Waals surface area contributed by atoms with Crippen LogP contribution in [-0.2, 0) is 4.79 Å². The third-order valence-corrected chi connectivity index (χ3v) is 2.36. The van der Waals surface area contributed by atoms with Crippen LogP contribution in [0.25, 0.3) is 0 Å². The van der Waals surface area contributed by atoms with E-state index in [1.165, 1.54) is 0 Å². The minimum atomic E-state index is -4.77. The van der Waals surface area contributed by atoms with Gasteiger partial charge in [-0.3, -0.25) is 4.79 Å². The molecule has 14 heavy (non-hydrogen) atoms. The number of amides is 1. The molecule has 0 bridgehead atoms. The number of carbonyl (C=O) groups excluding carboxylic acids is 1. The Hall–Kier alpha value is -0.780. The summed E-state index contributed by atoms with van der Waals surface area (Å²) in [7, 11) is 0. The van der Waals surface area contributed by atoms with Gasteiger partial charge in [0.15, 0.2) is 0 Å². The lowest BCUT2D eigenvalue weighted by Gasteiger charge is -2.30. The van der Waals surface area contributed by atoms with Crippen molar-refractivity contribution in [3.05, 3.63) is 0 Å². The first kappa shape index (κ1) is 11.3. The van der Waals surface area contributed by atoms with Gasteiger partial charge in [0.2, 0.25) is 0 Å². The SMILES string of the molecule is C[C@@H]1CNCC[C@@H]1NC(=O)C(F)(F)F. The van der Waals surface area contributed by atoms with Gasteiger partial charge >= 0.3 is 12.1 Å². The van der Waals surface area contributed by atoms with Crippen molar-refractivity contribution in [2.24, 2.45) is 5.92 Å². The lowest BCUT2D eigenvalue weighted by atomic mass is 9.95. The third-order valence-electron chi connectivity index (χ3n) is 2.36. The Morgan fingerprint density at radius 1 is 1.50 bits per heavy atom. The van der Waals surface area contributed by atoms with Crippen LogP contribution in [0.2, 0.25) is 0 Å². The van der Waals surface area contributed by atoms with Gasteiger partial charge in [0, 0.05) is 6.04 Å². The molecule has 1 aliphatic heterocycles. The van der Waals surface area contributed by atoms with Crippen molar-refractivity contribution < 1.29 is 18.0 Å². The average molecular weight is 210 g/mol. The van der Waals surface area contributed by atoms with Crippen molar-refractivity contribution in [3.63, 3.8) is 0 Å². The van der Waals surface area contributed by atoms with Crippen molar-refractivity contribution in [3.8, 4) is 0 Å².